The van der Waals surface area contributed by atoms with Gasteiger partial charge in [0.15, 0.2) is 0 Å². The summed E-state index contributed by atoms with van der Waals surface area (Å²) in [5, 5.41) is 0. The third-order valence-electron chi connectivity index (χ3n) is 2.20. The Morgan fingerprint density at radius 3 is 2.31 bits per heavy atom. The van der Waals surface area contributed by atoms with Crippen LogP contribution in [0.3, 0.4) is 0 Å². The molecule has 0 aliphatic carbocycles. The van der Waals surface area contributed by atoms with Crippen LogP contribution in [0.4, 0.5) is 0 Å². The molecule has 4 nitrogen and oxygen atoms in total. The van der Waals surface area contributed by atoms with Crippen LogP contribution < -0.4 is 0 Å². The molecule has 79 valence electrons. The summed E-state index contributed by atoms with van der Waals surface area (Å²) in [6, 6.07) is 0. The molecule has 1 aliphatic rings. The van der Waals surface area contributed by atoms with Crippen LogP contribution in [0.2, 0.25) is 0 Å². The Balaban J connectivity index is 0.00000144. The summed E-state index contributed by atoms with van der Waals surface area (Å²) in [7, 11) is -1.28. The van der Waals surface area contributed by atoms with Gasteiger partial charge in [0.1, 0.15) is 0 Å². The molecule has 0 aromatic heterocycles. The van der Waals surface area contributed by atoms with Gasteiger partial charge >= 0.3 is 0 Å². The number of hydrogen-bond acceptors (Lipinski definition) is 3. The monoisotopic (exact) mass is 378 g/mol. The largest absolute Gasteiger partial charge is 0.534 e. The molecule has 0 aromatic carbocycles. The van der Waals surface area contributed by atoms with Crippen LogP contribution in [0.1, 0.15) is 13.3 Å². The summed E-state index contributed by atoms with van der Waals surface area (Å²) in [6.07, 6.45) is 2.03. The molecule has 1 heterocycles. The topological polar surface area (TPSA) is 51.5 Å². The average Bonchev–Trinajstić information content (AvgIpc) is 2.16. The molecule has 6 heteroatoms. The van der Waals surface area contributed by atoms with Crippen molar-refractivity contribution in [2.24, 2.45) is 5.92 Å². The van der Waals surface area contributed by atoms with E-state index in [0.717, 1.165) is 19.2 Å². The molecule has 0 aromatic rings. The third-order valence-corrected chi connectivity index (χ3v) is 2.80. The standard InChI is InChI=1S/C7H15N2O2S.Re/c1-6-4-5-9(2)7(6)8-12(3,10)11;/h6-7H,4-5H2,1-3H3;/q-1;. The van der Waals surface area contributed by atoms with Crippen molar-refractivity contribution in [1.29, 1.82) is 0 Å². The summed E-state index contributed by atoms with van der Waals surface area (Å²) in [5.74, 6) is 0.352. The Labute approximate surface area is 93.8 Å². The van der Waals surface area contributed by atoms with E-state index < -0.39 is 10.0 Å². The smallest absolute Gasteiger partial charge is 0.0702 e. The fraction of sp³-hybridized carbons (Fsp3) is 1.00. The Kier molecular flexibility index (Phi) is 5.05. The molecule has 0 bridgehead atoms. The molecule has 13 heavy (non-hydrogen) atoms. The van der Waals surface area contributed by atoms with Crippen molar-refractivity contribution >= 4 is 10.0 Å². The van der Waals surface area contributed by atoms with Crippen molar-refractivity contribution in [3.8, 4) is 0 Å². The van der Waals surface area contributed by atoms with E-state index in [2.05, 4.69) is 4.72 Å². The van der Waals surface area contributed by atoms with Gasteiger partial charge in [0.2, 0.25) is 0 Å². The molecule has 0 N–H and O–H groups in total. The normalized spacial score (nSPS) is 30.1. The second-order valence-corrected chi connectivity index (χ2v) is 5.18. The summed E-state index contributed by atoms with van der Waals surface area (Å²) in [4.78, 5) is 1.98. The van der Waals surface area contributed by atoms with Crippen LogP contribution in [-0.4, -0.2) is 39.3 Å². The van der Waals surface area contributed by atoms with Crippen molar-refractivity contribution in [1.82, 2.24) is 4.90 Å². The van der Waals surface area contributed by atoms with Crippen LogP contribution in [0.5, 0.6) is 0 Å². The Morgan fingerprint density at radius 2 is 2.00 bits per heavy atom. The van der Waals surface area contributed by atoms with E-state index in [-0.39, 0.29) is 26.6 Å². The first kappa shape index (κ1) is 13.5. The molecule has 2 unspecified atom stereocenters. The quantitative estimate of drug-likeness (QED) is 0.709. The minimum Gasteiger partial charge on any atom is -0.534 e. The molecule has 0 amide bonds. The van der Waals surface area contributed by atoms with Gasteiger partial charge in [0, 0.05) is 26.7 Å². The number of hydrogen-bond donors (Lipinski definition) is 0. The van der Waals surface area contributed by atoms with Crippen molar-refractivity contribution in [2.45, 2.75) is 19.5 Å². The van der Waals surface area contributed by atoms with Gasteiger partial charge in [-0.2, -0.15) is 0 Å². The number of rotatable bonds is 2. The van der Waals surface area contributed by atoms with E-state index in [9.17, 15) is 8.42 Å². The van der Waals surface area contributed by atoms with Gasteiger partial charge < -0.3 is 9.62 Å². The SMILES string of the molecule is CC1CCN(C)C1[N-]S(C)(=O)=O.[Re]. The fourth-order valence-corrected chi connectivity index (χ4v) is 2.26. The van der Waals surface area contributed by atoms with Gasteiger partial charge in [-0.1, -0.05) is 13.1 Å². The average molecular weight is 377 g/mol. The number of sulfonamides is 1. The van der Waals surface area contributed by atoms with Crippen molar-refractivity contribution in [3.63, 3.8) is 0 Å². The van der Waals surface area contributed by atoms with Crippen molar-refractivity contribution in [2.75, 3.05) is 19.8 Å². The maximum atomic E-state index is 10.9. The Hall–Kier alpha value is 0.532. The molecule has 2 atom stereocenters. The maximum absolute atomic E-state index is 10.9. The molecule has 1 fully saturated rings. The number of nitrogens with zero attached hydrogens (tertiary/aromatic N) is 2. The molecule has 1 saturated heterocycles. The zero-order valence-corrected chi connectivity index (χ0v) is 11.6. The third kappa shape index (κ3) is 4.05. The zero-order valence-electron chi connectivity index (χ0n) is 8.07. The summed E-state index contributed by atoms with van der Waals surface area (Å²) < 4.78 is 25.5. The molecule has 1 aliphatic heterocycles. The molecule has 0 spiro atoms. The summed E-state index contributed by atoms with van der Waals surface area (Å²) in [6.45, 7) is 2.97. The predicted molar refractivity (Wildman–Crippen MR) is 48.4 cm³/mol. The van der Waals surface area contributed by atoms with E-state index in [1.807, 2.05) is 18.9 Å². The molecule has 1 rings (SSSR count). The zero-order chi connectivity index (χ0) is 9.35. The number of likely N-dealkylation sites (tertiary alicyclic amines) is 1. The van der Waals surface area contributed by atoms with Gasteiger partial charge in [0.05, 0.1) is 10.0 Å². The predicted octanol–water partition coefficient (Wildman–Crippen LogP) is 0.615. The molecular weight excluding hydrogens is 362 g/mol. The van der Waals surface area contributed by atoms with Crippen LogP contribution in [-0.2, 0) is 30.4 Å². The fourth-order valence-electron chi connectivity index (χ4n) is 1.50. The first-order valence-corrected chi connectivity index (χ1v) is 5.87. The summed E-state index contributed by atoms with van der Waals surface area (Å²) in [5.41, 5.74) is 0. The second kappa shape index (κ2) is 4.85. The van der Waals surface area contributed by atoms with E-state index in [4.69, 9.17) is 0 Å². The maximum Gasteiger partial charge on any atom is 0.0702 e. The second-order valence-electron chi connectivity index (χ2n) is 3.50. The van der Waals surface area contributed by atoms with Crippen molar-refractivity contribution in [3.05, 3.63) is 4.72 Å². The first-order valence-electron chi connectivity index (χ1n) is 4.02. The van der Waals surface area contributed by atoms with Crippen LogP contribution in [0, 0.1) is 5.92 Å². The van der Waals surface area contributed by atoms with Crippen LogP contribution in [0.25, 0.3) is 4.72 Å². The molecule has 1 radical (unpaired) electrons. The van der Waals surface area contributed by atoms with Gasteiger partial charge in [0.25, 0.3) is 0 Å². The van der Waals surface area contributed by atoms with Gasteiger partial charge in [-0.05, 0) is 25.9 Å². The first-order chi connectivity index (χ1) is 5.40. The summed E-state index contributed by atoms with van der Waals surface area (Å²) >= 11 is 0. The van der Waals surface area contributed by atoms with E-state index in [1.165, 1.54) is 0 Å². The van der Waals surface area contributed by atoms with E-state index in [1.54, 1.807) is 0 Å². The Bertz CT molecular complexity index is 245. The minimum atomic E-state index is -3.19. The van der Waals surface area contributed by atoms with E-state index >= 15 is 0 Å². The van der Waals surface area contributed by atoms with Gasteiger partial charge in [-0.25, -0.2) is 8.42 Å². The van der Waals surface area contributed by atoms with Crippen LogP contribution in [0.15, 0.2) is 0 Å². The van der Waals surface area contributed by atoms with E-state index in [0.29, 0.717) is 5.92 Å². The minimum absolute atomic E-state index is 0. The molecule has 0 saturated carbocycles. The Morgan fingerprint density at radius 1 is 1.46 bits per heavy atom. The van der Waals surface area contributed by atoms with Crippen LogP contribution >= 0.6 is 0 Å². The van der Waals surface area contributed by atoms with Gasteiger partial charge in [-0.3, -0.25) is 0 Å². The molecular formula is C7H15N2O2ReS-. The van der Waals surface area contributed by atoms with Crippen molar-refractivity contribution < 1.29 is 28.8 Å². The van der Waals surface area contributed by atoms with Gasteiger partial charge in [-0.15, -0.1) is 0 Å².